The van der Waals surface area contributed by atoms with E-state index in [0.29, 0.717) is 4.88 Å². The number of hydrogen-bond donors (Lipinski definition) is 2. The molecule has 3 nitrogen and oxygen atoms in total. The van der Waals surface area contributed by atoms with Crippen LogP contribution in [0.2, 0.25) is 0 Å². The molecule has 16 heavy (non-hydrogen) atoms. The van der Waals surface area contributed by atoms with E-state index in [0.717, 1.165) is 29.8 Å². The van der Waals surface area contributed by atoms with Crippen molar-refractivity contribution in [2.45, 2.75) is 26.3 Å². The third-order valence-electron chi connectivity index (χ3n) is 3.06. The van der Waals surface area contributed by atoms with E-state index >= 15 is 0 Å². The summed E-state index contributed by atoms with van der Waals surface area (Å²) in [5.41, 5.74) is 0. The SMILES string of the molecule is CC(CNCc1ccc(C(=O)O)s1)C1CC1. The van der Waals surface area contributed by atoms with Gasteiger partial charge in [0.15, 0.2) is 0 Å². The topological polar surface area (TPSA) is 49.3 Å². The highest BCUT2D eigenvalue weighted by Crippen LogP contribution is 2.36. The fraction of sp³-hybridized carbons (Fsp3) is 0.583. The summed E-state index contributed by atoms with van der Waals surface area (Å²) < 4.78 is 0. The highest BCUT2D eigenvalue weighted by molar-refractivity contribution is 7.13. The van der Waals surface area contributed by atoms with Gasteiger partial charge >= 0.3 is 5.97 Å². The van der Waals surface area contributed by atoms with Gasteiger partial charge in [-0.3, -0.25) is 0 Å². The van der Waals surface area contributed by atoms with Crippen LogP contribution in [0.15, 0.2) is 12.1 Å². The van der Waals surface area contributed by atoms with Gasteiger partial charge < -0.3 is 10.4 Å². The van der Waals surface area contributed by atoms with Crippen LogP contribution >= 0.6 is 11.3 Å². The molecule has 1 aliphatic carbocycles. The first kappa shape index (κ1) is 11.6. The lowest BCUT2D eigenvalue weighted by Crippen LogP contribution is -2.21. The average molecular weight is 239 g/mol. The molecule has 1 saturated carbocycles. The first-order chi connectivity index (χ1) is 7.66. The molecule has 0 amide bonds. The molecule has 1 atom stereocenters. The highest BCUT2D eigenvalue weighted by atomic mass is 32.1. The Morgan fingerprint density at radius 1 is 1.62 bits per heavy atom. The molecule has 1 heterocycles. The van der Waals surface area contributed by atoms with E-state index in [1.807, 2.05) is 6.07 Å². The predicted molar refractivity (Wildman–Crippen MR) is 64.9 cm³/mol. The van der Waals surface area contributed by atoms with Gasteiger partial charge in [-0.15, -0.1) is 11.3 Å². The number of thiophene rings is 1. The molecule has 1 aliphatic rings. The van der Waals surface area contributed by atoms with Gasteiger partial charge in [0.25, 0.3) is 0 Å². The molecule has 0 radical (unpaired) electrons. The lowest BCUT2D eigenvalue weighted by atomic mass is 10.1. The molecule has 0 bridgehead atoms. The Hall–Kier alpha value is -0.870. The minimum absolute atomic E-state index is 0.423. The number of carboxylic acids is 1. The smallest absolute Gasteiger partial charge is 0.345 e. The molecule has 0 aliphatic heterocycles. The van der Waals surface area contributed by atoms with Gasteiger partial charge in [-0.1, -0.05) is 6.92 Å². The molecule has 0 aromatic carbocycles. The second kappa shape index (κ2) is 4.97. The van der Waals surface area contributed by atoms with E-state index in [2.05, 4.69) is 12.2 Å². The molecule has 1 aromatic rings. The maximum Gasteiger partial charge on any atom is 0.345 e. The Balaban J connectivity index is 1.73. The van der Waals surface area contributed by atoms with Gasteiger partial charge in [-0.05, 0) is 43.4 Å². The summed E-state index contributed by atoms with van der Waals surface area (Å²) in [7, 11) is 0. The van der Waals surface area contributed by atoms with Crippen molar-refractivity contribution < 1.29 is 9.90 Å². The van der Waals surface area contributed by atoms with Gasteiger partial charge in [0.05, 0.1) is 0 Å². The maximum absolute atomic E-state index is 10.7. The fourth-order valence-corrected chi connectivity index (χ4v) is 2.66. The second-order valence-electron chi connectivity index (χ2n) is 4.52. The quantitative estimate of drug-likeness (QED) is 0.802. The zero-order valence-corrected chi connectivity index (χ0v) is 10.2. The molecule has 2 N–H and O–H groups in total. The molecule has 0 spiro atoms. The Morgan fingerprint density at radius 3 is 2.94 bits per heavy atom. The van der Waals surface area contributed by atoms with E-state index in [9.17, 15) is 4.79 Å². The standard InChI is InChI=1S/C12H17NO2S/c1-8(9-2-3-9)6-13-7-10-4-5-11(16-10)12(14)15/h4-5,8-9,13H,2-3,6-7H2,1H3,(H,14,15). The fourth-order valence-electron chi connectivity index (χ4n) is 1.84. The van der Waals surface area contributed by atoms with Crippen molar-refractivity contribution in [2.75, 3.05) is 6.54 Å². The summed E-state index contributed by atoms with van der Waals surface area (Å²) in [6, 6.07) is 3.57. The Bertz CT molecular complexity index is 371. The van der Waals surface area contributed by atoms with Crippen LogP contribution in [0.1, 0.15) is 34.3 Å². The monoisotopic (exact) mass is 239 g/mol. The lowest BCUT2D eigenvalue weighted by Gasteiger charge is -2.10. The average Bonchev–Trinajstić information content (AvgIpc) is 2.98. The molecule has 1 aromatic heterocycles. The summed E-state index contributed by atoms with van der Waals surface area (Å²) in [4.78, 5) is 12.2. The Kier molecular flexibility index (Phi) is 3.61. The molecule has 88 valence electrons. The van der Waals surface area contributed by atoms with Crippen molar-refractivity contribution >= 4 is 17.3 Å². The number of hydrogen-bond acceptors (Lipinski definition) is 3. The normalized spacial score (nSPS) is 17.3. The molecular formula is C12H17NO2S. The van der Waals surface area contributed by atoms with E-state index in [1.54, 1.807) is 6.07 Å². The van der Waals surface area contributed by atoms with Crippen molar-refractivity contribution in [3.8, 4) is 0 Å². The van der Waals surface area contributed by atoms with E-state index in [4.69, 9.17) is 5.11 Å². The summed E-state index contributed by atoms with van der Waals surface area (Å²) in [6.45, 7) is 4.10. The highest BCUT2D eigenvalue weighted by Gasteiger charge is 2.27. The third kappa shape index (κ3) is 3.06. The van der Waals surface area contributed by atoms with Crippen molar-refractivity contribution in [1.82, 2.24) is 5.32 Å². The number of carboxylic acid groups (broad SMARTS) is 1. The van der Waals surface area contributed by atoms with Crippen LogP contribution in [-0.2, 0) is 6.54 Å². The van der Waals surface area contributed by atoms with E-state index in [-0.39, 0.29) is 0 Å². The van der Waals surface area contributed by atoms with Crippen LogP contribution in [0, 0.1) is 11.8 Å². The van der Waals surface area contributed by atoms with Gasteiger partial charge in [0, 0.05) is 11.4 Å². The van der Waals surface area contributed by atoms with Crippen molar-refractivity contribution in [3.63, 3.8) is 0 Å². The number of rotatable bonds is 6. The Morgan fingerprint density at radius 2 is 2.38 bits per heavy atom. The molecule has 0 saturated heterocycles. The van der Waals surface area contributed by atoms with Gasteiger partial charge in [0.1, 0.15) is 4.88 Å². The third-order valence-corrected chi connectivity index (χ3v) is 4.14. The van der Waals surface area contributed by atoms with Crippen LogP contribution in [0.5, 0.6) is 0 Å². The van der Waals surface area contributed by atoms with Crippen LogP contribution in [0.4, 0.5) is 0 Å². The number of nitrogens with one attached hydrogen (secondary N) is 1. The zero-order chi connectivity index (χ0) is 11.5. The van der Waals surface area contributed by atoms with Crippen LogP contribution in [-0.4, -0.2) is 17.6 Å². The van der Waals surface area contributed by atoms with Gasteiger partial charge in [0.2, 0.25) is 0 Å². The minimum atomic E-state index is -0.831. The molecule has 1 unspecified atom stereocenters. The van der Waals surface area contributed by atoms with Gasteiger partial charge in [-0.25, -0.2) is 4.79 Å². The van der Waals surface area contributed by atoms with Crippen LogP contribution in [0.3, 0.4) is 0 Å². The summed E-state index contributed by atoms with van der Waals surface area (Å²) in [5.74, 6) is 0.840. The van der Waals surface area contributed by atoms with E-state index in [1.165, 1.54) is 24.2 Å². The lowest BCUT2D eigenvalue weighted by molar-refractivity contribution is 0.0702. The molecule has 1 fully saturated rings. The number of carbonyl (C=O) groups is 1. The minimum Gasteiger partial charge on any atom is -0.477 e. The van der Waals surface area contributed by atoms with Gasteiger partial charge in [-0.2, -0.15) is 0 Å². The molecule has 4 heteroatoms. The van der Waals surface area contributed by atoms with Crippen molar-refractivity contribution in [3.05, 3.63) is 21.9 Å². The largest absolute Gasteiger partial charge is 0.477 e. The second-order valence-corrected chi connectivity index (χ2v) is 5.69. The van der Waals surface area contributed by atoms with Crippen molar-refractivity contribution in [1.29, 1.82) is 0 Å². The predicted octanol–water partition coefficient (Wildman–Crippen LogP) is 2.58. The first-order valence-electron chi connectivity index (χ1n) is 5.69. The summed E-state index contributed by atoms with van der Waals surface area (Å²) in [6.07, 6.45) is 2.76. The molecule has 2 rings (SSSR count). The maximum atomic E-state index is 10.7. The summed E-state index contributed by atoms with van der Waals surface area (Å²) >= 11 is 1.35. The van der Waals surface area contributed by atoms with Crippen LogP contribution in [0.25, 0.3) is 0 Å². The molecular weight excluding hydrogens is 222 g/mol. The first-order valence-corrected chi connectivity index (χ1v) is 6.51. The number of aromatic carboxylic acids is 1. The van der Waals surface area contributed by atoms with Crippen LogP contribution < -0.4 is 5.32 Å². The Labute approximate surface area is 99.5 Å². The zero-order valence-electron chi connectivity index (χ0n) is 9.40. The van der Waals surface area contributed by atoms with E-state index < -0.39 is 5.97 Å². The van der Waals surface area contributed by atoms with Crippen molar-refractivity contribution in [2.24, 2.45) is 11.8 Å². The summed E-state index contributed by atoms with van der Waals surface area (Å²) in [5, 5.41) is 12.2.